The molecule has 11 amide bonds. The second-order valence-electron chi connectivity index (χ2n) is 27.1. The van der Waals surface area contributed by atoms with E-state index in [1.165, 1.54) is 80.8 Å². The fourth-order valence-corrected chi connectivity index (χ4v) is 11.1. The maximum Gasteiger partial charge on any atom is 0.247 e. The highest BCUT2D eigenvalue weighted by Crippen LogP contribution is 2.26. The molecular weight excluding hydrogens is 1160 g/mol. The predicted octanol–water partition coefficient (Wildman–Crippen LogP) is 2.65. The predicted molar refractivity (Wildman–Crippen MR) is 345 cm³/mol. The molecule has 6 N–H and O–H groups in total. The smallest absolute Gasteiger partial charge is 0.247 e. The van der Waals surface area contributed by atoms with Gasteiger partial charge in [0.15, 0.2) is 0 Å². The topological polar surface area (TPSA) is 308 Å². The van der Waals surface area contributed by atoms with Gasteiger partial charge in [0.2, 0.25) is 65.0 Å². The van der Waals surface area contributed by atoms with Gasteiger partial charge in [-0.3, -0.25) is 52.7 Å². The van der Waals surface area contributed by atoms with Crippen LogP contribution in [0.15, 0.2) is 12.2 Å². The summed E-state index contributed by atoms with van der Waals surface area (Å²) in [6, 6.07) is -13.0. The lowest BCUT2D eigenvalue weighted by atomic mass is 9.91. The van der Waals surface area contributed by atoms with Gasteiger partial charge < -0.3 is 70.5 Å². The second-order valence-corrected chi connectivity index (χ2v) is 27.1. The number of amides is 11. The summed E-state index contributed by atoms with van der Waals surface area (Å²) in [5.74, 6) is -10.4. The number of nitrogens with one attached hydrogen (secondary N) is 4. The lowest BCUT2D eigenvalue weighted by Gasteiger charge is -2.41. The molecule has 0 aromatic heterocycles. The number of likely N-dealkylation sites (N-methyl/N-ethyl adjacent to an activating group) is 7. The zero-order valence-electron chi connectivity index (χ0n) is 58.7. The minimum absolute atomic E-state index is 0.00423. The zero-order valence-corrected chi connectivity index (χ0v) is 58.7. The molecule has 1 rings (SSSR count). The van der Waals surface area contributed by atoms with E-state index in [9.17, 15) is 48.6 Å². The molecule has 25 heteroatoms. The molecule has 1 aliphatic heterocycles. The van der Waals surface area contributed by atoms with E-state index in [1.807, 2.05) is 55.4 Å². The minimum atomic E-state index is -1.63. The van der Waals surface area contributed by atoms with Gasteiger partial charge in [-0.05, 0) is 100 Å². The molecule has 1 fully saturated rings. The first kappa shape index (κ1) is 81.8. The highest BCUT2D eigenvalue weighted by atomic mass is 16.5. The Morgan fingerprint density at radius 1 is 0.511 bits per heavy atom. The van der Waals surface area contributed by atoms with Gasteiger partial charge in [-0.15, -0.1) is 0 Å². The van der Waals surface area contributed by atoms with Crippen LogP contribution in [0.2, 0.25) is 0 Å². The van der Waals surface area contributed by atoms with Gasteiger partial charge in [0.1, 0.15) is 60.4 Å². The molecule has 12 atom stereocenters. The Morgan fingerprint density at radius 2 is 0.956 bits per heavy atom. The van der Waals surface area contributed by atoms with E-state index in [2.05, 4.69) is 21.3 Å². The van der Waals surface area contributed by atoms with Crippen molar-refractivity contribution in [2.24, 2.45) is 41.4 Å². The number of ether oxygens (including phenoxy) is 1. The summed E-state index contributed by atoms with van der Waals surface area (Å²) in [5, 5.41) is 32.7. The van der Waals surface area contributed by atoms with Crippen molar-refractivity contribution in [1.82, 2.24) is 55.6 Å². The summed E-state index contributed by atoms with van der Waals surface area (Å²) in [4.78, 5) is 170. The second kappa shape index (κ2) is 38.6. The Bertz CT molecular complexity index is 2420. The number of rotatable bonds is 20. The molecule has 90 heavy (non-hydrogen) atoms. The maximum absolute atomic E-state index is 15.2. The normalized spacial score (nSPS) is 26.1. The molecule has 516 valence electrons. The number of carbonyl (C=O) groups excluding carboxylic acids is 11. The summed E-state index contributed by atoms with van der Waals surface area (Å²) < 4.78 is 5.80. The van der Waals surface area contributed by atoms with Gasteiger partial charge in [-0.1, -0.05) is 109 Å². The van der Waals surface area contributed by atoms with Gasteiger partial charge in [-0.2, -0.15) is 0 Å². The van der Waals surface area contributed by atoms with Gasteiger partial charge in [0.25, 0.3) is 0 Å². The van der Waals surface area contributed by atoms with Crippen molar-refractivity contribution in [3.8, 4) is 0 Å². The average Bonchev–Trinajstić information content (AvgIpc) is 0.858. The third kappa shape index (κ3) is 23.8. The molecule has 0 aromatic carbocycles. The van der Waals surface area contributed by atoms with E-state index >= 15 is 14.4 Å². The Morgan fingerprint density at radius 3 is 1.42 bits per heavy atom. The van der Waals surface area contributed by atoms with Crippen molar-refractivity contribution in [3.05, 3.63) is 12.2 Å². The third-order valence-corrected chi connectivity index (χ3v) is 16.7. The summed E-state index contributed by atoms with van der Waals surface area (Å²) in [6.07, 6.45) is 3.03. The lowest BCUT2D eigenvalue weighted by Crippen LogP contribution is -2.63. The highest BCUT2D eigenvalue weighted by molar-refractivity contribution is 5.99. The van der Waals surface area contributed by atoms with Crippen LogP contribution in [0.1, 0.15) is 156 Å². The molecule has 1 heterocycles. The van der Waals surface area contributed by atoms with Crippen molar-refractivity contribution in [3.63, 3.8) is 0 Å². The molecule has 0 saturated carbocycles. The van der Waals surface area contributed by atoms with Crippen LogP contribution in [-0.2, 0) is 57.5 Å². The molecule has 1 saturated heterocycles. The Hall–Kier alpha value is -6.21. The van der Waals surface area contributed by atoms with Crippen LogP contribution in [0.3, 0.4) is 0 Å². The molecule has 0 aromatic rings. The Balaban J connectivity index is 4.45. The summed E-state index contributed by atoms with van der Waals surface area (Å²) in [5.41, 5.74) is 0. The molecule has 0 spiro atoms. The fraction of sp³-hybridized carbons (Fsp3) is 0.800. The lowest BCUT2D eigenvalue weighted by molar-refractivity contribution is -0.157. The van der Waals surface area contributed by atoms with Crippen LogP contribution >= 0.6 is 0 Å². The van der Waals surface area contributed by atoms with E-state index in [1.54, 1.807) is 60.6 Å². The number of hydrogen-bond acceptors (Lipinski definition) is 14. The highest BCUT2D eigenvalue weighted by Gasteiger charge is 2.46. The van der Waals surface area contributed by atoms with E-state index in [0.29, 0.717) is 6.42 Å². The van der Waals surface area contributed by atoms with Gasteiger partial charge >= 0.3 is 0 Å². The van der Waals surface area contributed by atoms with Crippen LogP contribution in [0.5, 0.6) is 0 Å². The van der Waals surface area contributed by atoms with E-state index in [-0.39, 0.29) is 75.4 Å². The maximum atomic E-state index is 15.2. The quantitative estimate of drug-likeness (QED) is 0.0755. The largest absolute Gasteiger partial charge is 0.396 e. The van der Waals surface area contributed by atoms with E-state index in [4.69, 9.17) is 4.74 Å². The van der Waals surface area contributed by atoms with Crippen LogP contribution in [0, 0.1) is 41.4 Å². The molecule has 1 aliphatic rings. The number of hydrogen-bond donors (Lipinski definition) is 6. The first-order valence-corrected chi connectivity index (χ1v) is 32.3. The Kier molecular flexibility index (Phi) is 35.1. The summed E-state index contributed by atoms with van der Waals surface area (Å²) in [7, 11) is 9.80. The summed E-state index contributed by atoms with van der Waals surface area (Å²) in [6.45, 7) is 27.0. The van der Waals surface area contributed by atoms with Crippen molar-refractivity contribution >= 4 is 65.0 Å². The number of carbonyl (C=O) groups is 11. The van der Waals surface area contributed by atoms with Crippen molar-refractivity contribution in [2.75, 3.05) is 75.7 Å². The SMILES string of the molecule is C/C=C/C[C@@H](C)[C@@H](O)[C@H]1C(=O)N[C@@H](CC)C(=O)N(C)CC(=O)N(C)[C@@H](CC(C)C)C(=O)N[C@@H](C(C)C)C(=O)N(C)[C@@H](CC(C)C)C(=O)N[C@@H](C)C(=O)N[C@H](COCCCO)C(=O)N(C)[C@@H](CC(C)C)C(=O)N(C)[C@@H](CC(C)C)C(=O)N(C)[C@@H](C(C)C)C(=O)N1C. The van der Waals surface area contributed by atoms with Crippen LogP contribution in [0.25, 0.3) is 0 Å². The standard InChI is InChI=1S/C65H117N11O14/c1-24-26-28-43(15)55(79)54-59(83)67-45(25-2)60(84)70(17)35-51(78)71(18)47(31-37(3)4)58(82)69-52(41(11)12)64(88)72(19)48(32-38(5)6)57(81)66-44(16)56(80)68-46(36-90-30-27-29-77)61(85)73(20)49(33-39(7)8)62(86)74(21)50(34-40(9)10)63(87)75(22)53(42(13)14)65(89)76(54)23/h24,26,37-50,52-55,77,79H,25,27-36H2,1-23H3,(H,66,81)(H,67,83)(H,68,80)(H,69,82)/b26-24+/t43-,44+,45+,46-,47+,48+,49+,50+,52+,53+,54+,55-/m1/s1. The number of allylic oxidation sites excluding steroid dienone is 2. The Labute approximate surface area is 537 Å². The summed E-state index contributed by atoms with van der Waals surface area (Å²) >= 11 is 0. The average molecular weight is 1280 g/mol. The van der Waals surface area contributed by atoms with Crippen LogP contribution < -0.4 is 21.3 Å². The van der Waals surface area contributed by atoms with Crippen molar-refractivity contribution in [1.29, 1.82) is 0 Å². The van der Waals surface area contributed by atoms with Gasteiger partial charge in [0, 0.05) is 62.5 Å². The molecule has 0 bridgehead atoms. The fourth-order valence-electron chi connectivity index (χ4n) is 11.1. The zero-order chi connectivity index (χ0) is 69.5. The third-order valence-electron chi connectivity index (χ3n) is 16.7. The van der Waals surface area contributed by atoms with Gasteiger partial charge in [-0.25, -0.2) is 0 Å². The first-order chi connectivity index (χ1) is 41.7. The molecule has 0 aliphatic carbocycles. The number of aliphatic hydroxyl groups excluding tert-OH is 2. The molecule has 25 nitrogen and oxygen atoms in total. The first-order valence-electron chi connectivity index (χ1n) is 32.3. The van der Waals surface area contributed by atoms with E-state index in [0.717, 1.165) is 9.80 Å². The van der Waals surface area contributed by atoms with Crippen molar-refractivity contribution in [2.45, 2.75) is 222 Å². The monoisotopic (exact) mass is 1280 g/mol. The molecule has 0 unspecified atom stereocenters. The van der Waals surface area contributed by atoms with Crippen LogP contribution in [-0.4, -0.2) is 252 Å². The van der Waals surface area contributed by atoms with Crippen LogP contribution in [0.4, 0.5) is 0 Å². The van der Waals surface area contributed by atoms with Gasteiger partial charge in [0.05, 0.1) is 19.3 Å². The number of aliphatic hydroxyl groups is 2. The van der Waals surface area contributed by atoms with Crippen molar-refractivity contribution < 1.29 is 67.7 Å². The minimum Gasteiger partial charge on any atom is -0.396 e. The van der Waals surface area contributed by atoms with E-state index < -0.39 is 162 Å². The number of nitrogens with zero attached hydrogens (tertiary/aromatic N) is 7. The molecular formula is C65H117N11O14. The molecule has 0 radical (unpaired) electrons.